The maximum absolute atomic E-state index is 15.0. The predicted molar refractivity (Wildman–Crippen MR) is 264 cm³/mol. The van der Waals surface area contributed by atoms with Gasteiger partial charge in [-0.25, -0.2) is 9.67 Å². The Labute approximate surface area is 413 Å². The van der Waals surface area contributed by atoms with E-state index in [-0.39, 0.29) is 60.9 Å². The molecule has 2 aromatic heterocycles. The van der Waals surface area contributed by atoms with E-state index in [9.17, 15) is 15.0 Å². The number of fused-ring (bicyclic) bond motifs is 5. The van der Waals surface area contributed by atoms with Gasteiger partial charge in [-0.05, 0) is 130 Å². The van der Waals surface area contributed by atoms with E-state index in [0.717, 1.165) is 30.7 Å². The van der Waals surface area contributed by atoms with Crippen LogP contribution in [0.2, 0.25) is 0 Å². The second-order valence-electron chi connectivity index (χ2n) is 22.4. The Morgan fingerprint density at radius 3 is 2.36 bits per heavy atom. The number of cyclic esters (lactones) is 1. The number of nitrogens with zero attached hydrogens (tertiary/aromatic N) is 6. The van der Waals surface area contributed by atoms with Gasteiger partial charge < -0.3 is 53.3 Å². The Morgan fingerprint density at radius 2 is 1.72 bits per heavy atom. The predicted octanol–water partition coefficient (Wildman–Crippen LogP) is 7.27. The standard InChI is InChI=1S/C53H88N6O10/c1-16-43-52(9,10)41-20-19-39(56-64-30-38-18-21-44(54-28-38)59-23-17-22-55-59)26-40(31(2)24-33(4)58(14)29-32(41)3)48(69-51-46(60)42(57(12)13)25-34(5)65-51)35(6)47(36(7)50(62)67-43)68-45-27-53(11,63-15)49(61)37(8)66-45/h17-18,21-23,28,31-37,40-43,45-49,51,60-61H,16,19-20,24-27,29-30H2,1-15H3/b56-39+/t31?,32-,33+,34+,35-,36+,37-,40?,41+,42-,43+,45-,46+,47-,48+,49-,51-,53+/m0/s1. The van der Waals surface area contributed by atoms with Crippen molar-refractivity contribution in [2.45, 2.75) is 201 Å². The molecule has 2 unspecified atom stereocenters. The molecule has 0 spiro atoms. The summed E-state index contributed by atoms with van der Waals surface area (Å²) in [6.45, 7) is 24.3. The first-order valence-electron chi connectivity index (χ1n) is 25.8. The fourth-order valence-corrected chi connectivity index (χ4v) is 12.2. The molecule has 18 atom stereocenters. The molecule has 4 aliphatic rings. The molecule has 0 aromatic carbocycles. The van der Waals surface area contributed by atoms with Crippen LogP contribution in [0.4, 0.5) is 0 Å². The Kier molecular flexibility index (Phi) is 18.9. The molecule has 0 aliphatic carbocycles. The van der Waals surface area contributed by atoms with E-state index < -0.39 is 72.1 Å². The molecule has 0 saturated carbocycles. The first kappa shape index (κ1) is 55.3. The highest BCUT2D eigenvalue weighted by Crippen LogP contribution is 2.46. The minimum Gasteiger partial charge on any atom is -0.462 e. The summed E-state index contributed by atoms with van der Waals surface area (Å²) in [5.41, 5.74) is 0.391. The normalized spacial score (nSPS) is 40.6. The minimum atomic E-state index is -0.980. The third kappa shape index (κ3) is 13.0. The van der Waals surface area contributed by atoms with E-state index >= 15 is 0 Å². The highest BCUT2D eigenvalue weighted by molar-refractivity contribution is 5.84. The van der Waals surface area contributed by atoms with Gasteiger partial charge in [0.15, 0.2) is 18.4 Å². The van der Waals surface area contributed by atoms with Crippen molar-refractivity contribution in [2.75, 3.05) is 34.8 Å². The van der Waals surface area contributed by atoms with Crippen LogP contribution in [0.25, 0.3) is 5.82 Å². The maximum Gasteiger partial charge on any atom is 0.311 e. The van der Waals surface area contributed by atoms with E-state index in [1.165, 1.54) is 0 Å². The number of rotatable bonds is 11. The highest BCUT2D eigenvalue weighted by Gasteiger charge is 2.51. The summed E-state index contributed by atoms with van der Waals surface area (Å²) < 4.78 is 41.9. The van der Waals surface area contributed by atoms with Gasteiger partial charge in [0.25, 0.3) is 0 Å². The number of pyridine rings is 1. The fraction of sp³-hybridized carbons (Fsp3) is 0.811. The number of aromatic nitrogens is 3. The van der Waals surface area contributed by atoms with E-state index in [1.54, 1.807) is 24.2 Å². The van der Waals surface area contributed by atoms with Gasteiger partial charge >= 0.3 is 5.97 Å². The lowest BCUT2D eigenvalue weighted by Gasteiger charge is -2.49. The SMILES string of the molecule is CC[C@H]1OC(=O)[C@H](C)[C@@H](O[C@H]2C[C@@](C)(OC)[C@@H](O)[C@H](C)O2)[C@H](C)[C@@H](O[C@@H]2O[C@H](C)C[C@H](N(C)C)[C@H]2O)C2C/C(=N/OCc3ccc(-n4cccn4)nc3)CC[C@H]([C@@H](C)CN(C)[C@H](C)CC2C)C1(C)C. The number of hydrogen-bond acceptors (Lipinski definition) is 15. The van der Waals surface area contributed by atoms with Crippen LogP contribution in [-0.4, -0.2) is 154 Å². The van der Waals surface area contributed by atoms with Crippen LogP contribution in [0.5, 0.6) is 0 Å². The number of aliphatic hydroxyl groups is 2. The van der Waals surface area contributed by atoms with Gasteiger partial charge in [0.05, 0.1) is 41.6 Å². The molecular weight excluding hydrogens is 881 g/mol. The zero-order valence-electron chi connectivity index (χ0n) is 44.5. The van der Waals surface area contributed by atoms with E-state index in [0.29, 0.717) is 31.5 Å². The van der Waals surface area contributed by atoms with Gasteiger partial charge in [-0.15, -0.1) is 0 Å². The topological polar surface area (TPSA) is 172 Å². The van der Waals surface area contributed by atoms with Crippen LogP contribution in [0, 0.1) is 40.9 Å². The fourth-order valence-electron chi connectivity index (χ4n) is 12.2. The molecule has 2 aromatic rings. The average Bonchev–Trinajstić information content (AvgIpc) is 3.85. The van der Waals surface area contributed by atoms with Crippen molar-refractivity contribution in [3.63, 3.8) is 0 Å². The molecule has 6 rings (SSSR count). The second kappa shape index (κ2) is 23.7. The van der Waals surface area contributed by atoms with E-state index in [2.05, 4.69) is 70.5 Å². The number of carbonyl (C=O) groups excluding carboxylic acids is 1. The van der Waals surface area contributed by atoms with Crippen molar-refractivity contribution in [3.05, 3.63) is 42.4 Å². The molecule has 16 nitrogen and oxygen atoms in total. The van der Waals surface area contributed by atoms with Crippen molar-refractivity contribution in [1.29, 1.82) is 0 Å². The van der Waals surface area contributed by atoms with Crippen LogP contribution in [-0.2, 0) is 44.7 Å². The van der Waals surface area contributed by atoms with Crippen LogP contribution in [0.15, 0.2) is 41.9 Å². The summed E-state index contributed by atoms with van der Waals surface area (Å²) in [5.74, 6) is -0.725. The van der Waals surface area contributed by atoms with Crippen LogP contribution >= 0.6 is 0 Å². The van der Waals surface area contributed by atoms with Crippen LogP contribution < -0.4 is 0 Å². The van der Waals surface area contributed by atoms with E-state index in [1.807, 2.05) is 71.1 Å². The number of likely N-dealkylation sites (N-methyl/N-ethyl adjacent to an activating group) is 1. The number of ether oxygens (including phenoxy) is 6. The van der Waals surface area contributed by atoms with Crippen molar-refractivity contribution in [3.8, 4) is 5.82 Å². The first-order valence-corrected chi connectivity index (χ1v) is 25.8. The Hall–Kier alpha value is -3.06. The smallest absolute Gasteiger partial charge is 0.311 e. The van der Waals surface area contributed by atoms with Crippen molar-refractivity contribution < 1.29 is 48.3 Å². The Morgan fingerprint density at radius 1 is 0.986 bits per heavy atom. The van der Waals surface area contributed by atoms with Crippen molar-refractivity contribution in [2.24, 2.45) is 46.1 Å². The van der Waals surface area contributed by atoms with Crippen LogP contribution in [0.1, 0.15) is 127 Å². The number of carbonyl (C=O) groups is 1. The molecule has 6 heterocycles. The first-order chi connectivity index (χ1) is 32.6. The van der Waals surface area contributed by atoms with E-state index in [4.69, 9.17) is 38.4 Å². The lowest BCUT2D eigenvalue weighted by molar-refractivity contribution is -0.310. The average molecular weight is 969 g/mol. The monoisotopic (exact) mass is 969 g/mol. The lowest BCUT2D eigenvalue weighted by Crippen LogP contribution is -2.59. The lowest BCUT2D eigenvalue weighted by atomic mass is 9.65. The minimum absolute atomic E-state index is 0.0436. The number of esters is 1. The Bertz CT molecular complexity index is 1940. The molecule has 4 fully saturated rings. The van der Waals surface area contributed by atoms with Gasteiger partial charge in [0.1, 0.15) is 24.9 Å². The summed E-state index contributed by atoms with van der Waals surface area (Å²) in [5, 5.41) is 32.7. The number of oxime groups is 1. The summed E-state index contributed by atoms with van der Waals surface area (Å²) in [4.78, 5) is 30.5. The third-order valence-corrected chi connectivity index (χ3v) is 16.7. The maximum atomic E-state index is 15.0. The summed E-state index contributed by atoms with van der Waals surface area (Å²) in [6.07, 6.45) is 3.32. The Balaban J connectivity index is 1.50. The zero-order chi connectivity index (χ0) is 50.5. The largest absolute Gasteiger partial charge is 0.462 e. The molecular formula is C53H88N6O10. The van der Waals surface area contributed by atoms with Gasteiger partial charge in [-0.2, -0.15) is 5.10 Å². The molecule has 2 N–H and O–H groups in total. The molecule has 4 aliphatic heterocycles. The molecule has 0 amide bonds. The summed E-state index contributed by atoms with van der Waals surface area (Å²) in [6, 6.07) is 5.76. The van der Waals surface area contributed by atoms with Gasteiger partial charge in [-0.1, -0.05) is 52.8 Å². The third-order valence-electron chi connectivity index (χ3n) is 16.7. The number of aliphatic hydroxyl groups excluding tert-OH is 2. The molecule has 69 heavy (non-hydrogen) atoms. The zero-order valence-corrected chi connectivity index (χ0v) is 44.5. The van der Waals surface area contributed by atoms with Crippen LogP contribution in [0.3, 0.4) is 0 Å². The van der Waals surface area contributed by atoms with Gasteiger partial charge in [0, 0.05) is 67.6 Å². The summed E-state index contributed by atoms with van der Waals surface area (Å²) in [7, 11) is 7.75. The summed E-state index contributed by atoms with van der Waals surface area (Å²) >= 11 is 0. The molecule has 390 valence electrons. The molecule has 0 radical (unpaired) electrons. The van der Waals surface area contributed by atoms with Crippen molar-refractivity contribution in [1.82, 2.24) is 24.6 Å². The highest BCUT2D eigenvalue weighted by atomic mass is 16.7. The van der Waals surface area contributed by atoms with Gasteiger partial charge in [0.2, 0.25) is 0 Å². The second-order valence-corrected chi connectivity index (χ2v) is 22.4. The number of methoxy groups -OCH3 is 1. The quantitative estimate of drug-likeness (QED) is 0.170. The molecule has 4 saturated heterocycles. The van der Waals surface area contributed by atoms with Gasteiger partial charge in [-0.3, -0.25) is 4.79 Å². The molecule has 2 bridgehead atoms. The van der Waals surface area contributed by atoms with Crippen molar-refractivity contribution >= 4 is 11.7 Å². The number of hydrogen-bond donors (Lipinski definition) is 2. The molecule has 16 heteroatoms.